The first kappa shape index (κ1) is 15.8. The van der Waals surface area contributed by atoms with E-state index in [4.69, 9.17) is 16.3 Å². The number of Topliss-reactive ketones (excluding diaryl/α,β-unsaturated/α-hetero) is 1. The van der Waals surface area contributed by atoms with Crippen LogP contribution in [0.1, 0.15) is 17.3 Å². The topological polar surface area (TPSA) is 35.5 Å². The minimum absolute atomic E-state index is 0.167. The Labute approximate surface area is 113 Å². The van der Waals surface area contributed by atoms with E-state index >= 15 is 0 Å². The van der Waals surface area contributed by atoms with Gasteiger partial charge in [0.1, 0.15) is 12.4 Å². The Morgan fingerprint density at radius 2 is 2.05 bits per heavy atom. The van der Waals surface area contributed by atoms with Gasteiger partial charge in [0.15, 0.2) is 11.9 Å². The highest BCUT2D eigenvalue weighted by Crippen LogP contribution is 2.26. The molecule has 0 heterocycles. The molecule has 0 amide bonds. The van der Waals surface area contributed by atoms with Crippen molar-refractivity contribution in [2.75, 3.05) is 13.7 Å². The minimum atomic E-state index is -4.49. The molecule has 19 heavy (non-hydrogen) atoms. The average Bonchev–Trinajstić information content (AvgIpc) is 2.34. The number of ketones is 1. The zero-order valence-electron chi connectivity index (χ0n) is 10.3. The molecule has 3 nitrogen and oxygen atoms in total. The number of benzene rings is 1. The summed E-state index contributed by atoms with van der Waals surface area (Å²) in [6, 6.07) is 4.20. The summed E-state index contributed by atoms with van der Waals surface area (Å²) in [4.78, 5) is 11.6. The highest BCUT2D eigenvalue weighted by Gasteiger charge is 2.37. The van der Waals surface area contributed by atoms with E-state index in [-0.39, 0.29) is 10.6 Å². The van der Waals surface area contributed by atoms with Gasteiger partial charge in [0.2, 0.25) is 0 Å². The molecule has 0 bridgehead atoms. The summed E-state index contributed by atoms with van der Waals surface area (Å²) in [5.74, 6) is -0.205. The third-order valence-electron chi connectivity index (χ3n) is 2.40. The molecule has 0 saturated heterocycles. The van der Waals surface area contributed by atoms with Crippen molar-refractivity contribution in [3.8, 4) is 5.75 Å². The van der Waals surface area contributed by atoms with Gasteiger partial charge >= 0.3 is 6.18 Å². The smallest absolute Gasteiger partial charge is 0.414 e. The van der Waals surface area contributed by atoms with Crippen LogP contribution >= 0.6 is 11.6 Å². The van der Waals surface area contributed by atoms with Gasteiger partial charge in [0, 0.05) is 5.56 Å². The lowest BCUT2D eigenvalue weighted by atomic mass is 10.1. The quantitative estimate of drug-likeness (QED) is 0.780. The highest BCUT2D eigenvalue weighted by molar-refractivity contribution is 6.32. The molecule has 1 atom stereocenters. The van der Waals surface area contributed by atoms with Crippen molar-refractivity contribution in [2.24, 2.45) is 0 Å². The average molecular weight is 297 g/mol. The van der Waals surface area contributed by atoms with E-state index in [1.54, 1.807) is 0 Å². The summed E-state index contributed by atoms with van der Waals surface area (Å²) < 4.78 is 45.9. The van der Waals surface area contributed by atoms with E-state index < -0.39 is 24.7 Å². The van der Waals surface area contributed by atoms with Crippen LogP contribution in [0.2, 0.25) is 5.02 Å². The standard InChI is InChI=1S/C12H12ClF3O3/c1-7(12(14,15)16)19-6-10(17)8-3-4-11(18-2)9(13)5-8/h3-5,7H,6H2,1-2H3. The molecule has 1 aromatic rings. The van der Waals surface area contributed by atoms with Gasteiger partial charge in [0.25, 0.3) is 0 Å². The lowest BCUT2D eigenvalue weighted by molar-refractivity contribution is -0.210. The molecule has 1 aromatic carbocycles. The van der Waals surface area contributed by atoms with E-state index in [0.29, 0.717) is 5.75 Å². The Morgan fingerprint density at radius 3 is 2.53 bits per heavy atom. The Kier molecular flexibility index (Phi) is 5.20. The summed E-state index contributed by atoms with van der Waals surface area (Å²) in [5.41, 5.74) is 0.167. The molecule has 1 unspecified atom stereocenters. The van der Waals surface area contributed by atoms with Gasteiger partial charge in [-0.05, 0) is 25.1 Å². The van der Waals surface area contributed by atoms with Crippen molar-refractivity contribution in [3.63, 3.8) is 0 Å². The minimum Gasteiger partial charge on any atom is -0.495 e. The predicted octanol–water partition coefficient (Wildman–Crippen LogP) is 3.50. The molecule has 0 aliphatic carbocycles. The molecular formula is C12H12ClF3O3. The van der Waals surface area contributed by atoms with Crippen LogP contribution in [-0.2, 0) is 4.74 Å². The predicted molar refractivity (Wildman–Crippen MR) is 63.8 cm³/mol. The monoisotopic (exact) mass is 296 g/mol. The summed E-state index contributed by atoms with van der Waals surface area (Å²) in [7, 11) is 1.41. The van der Waals surface area contributed by atoms with Gasteiger partial charge in [-0.2, -0.15) is 13.2 Å². The lowest BCUT2D eigenvalue weighted by Crippen LogP contribution is -2.30. The molecule has 0 N–H and O–H groups in total. The molecule has 106 valence electrons. The van der Waals surface area contributed by atoms with Crippen LogP contribution in [0.4, 0.5) is 13.2 Å². The fourth-order valence-electron chi connectivity index (χ4n) is 1.22. The molecule has 0 spiro atoms. The van der Waals surface area contributed by atoms with E-state index in [9.17, 15) is 18.0 Å². The number of hydrogen-bond acceptors (Lipinski definition) is 3. The van der Waals surface area contributed by atoms with Crippen LogP contribution in [0.15, 0.2) is 18.2 Å². The van der Waals surface area contributed by atoms with Gasteiger partial charge in [-0.1, -0.05) is 11.6 Å². The molecule has 0 aliphatic heterocycles. The second kappa shape index (κ2) is 6.25. The number of halogens is 4. The van der Waals surface area contributed by atoms with Gasteiger partial charge in [-0.3, -0.25) is 4.79 Å². The van der Waals surface area contributed by atoms with E-state index in [1.165, 1.54) is 25.3 Å². The fraction of sp³-hybridized carbons (Fsp3) is 0.417. The normalized spacial score (nSPS) is 13.2. The number of ether oxygens (including phenoxy) is 2. The number of carbonyl (C=O) groups is 1. The zero-order chi connectivity index (χ0) is 14.6. The molecule has 1 rings (SSSR count). The summed E-state index contributed by atoms with van der Waals surface area (Å²) in [5, 5.41) is 0.206. The van der Waals surface area contributed by atoms with Gasteiger partial charge in [0.05, 0.1) is 12.1 Å². The van der Waals surface area contributed by atoms with Gasteiger partial charge in [-0.15, -0.1) is 0 Å². The first-order chi connectivity index (χ1) is 8.75. The number of hydrogen-bond donors (Lipinski definition) is 0. The van der Waals surface area contributed by atoms with Gasteiger partial charge in [-0.25, -0.2) is 0 Å². The van der Waals surface area contributed by atoms with Crippen LogP contribution in [0.25, 0.3) is 0 Å². The summed E-state index contributed by atoms with van der Waals surface area (Å²) in [6.07, 6.45) is -6.48. The number of rotatable bonds is 5. The third-order valence-corrected chi connectivity index (χ3v) is 2.69. The summed E-state index contributed by atoms with van der Waals surface area (Å²) >= 11 is 5.81. The maximum atomic E-state index is 12.2. The van der Waals surface area contributed by atoms with Crippen molar-refractivity contribution in [1.29, 1.82) is 0 Å². The Hall–Kier alpha value is -1.27. The molecule has 0 fully saturated rings. The number of carbonyl (C=O) groups excluding carboxylic acids is 1. The Bertz CT molecular complexity index is 460. The highest BCUT2D eigenvalue weighted by atomic mass is 35.5. The first-order valence-corrected chi connectivity index (χ1v) is 5.68. The second-order valence-electron chi connectivity index (χ2n) is 3.77. The molecule has 7 heteroatoms. The van der Waals surface area contributed by atoms with E-state index in [1.807, 2.05) is 0 Å². The van der Waals surface area contributed by atoms with Crippen LogP contribution < -0.4 is 4.74 Å². The largest absolute Gasteiger partial charge is 0.495 e. The third kappa shape index (κ3) is 4.40. The van der Waals surface area contributed by atoms with Crippen LogP contribution in [0, 0.1) is 0 Å². The molecule has 0 aliphatic rings. The van der Waals surface area contributed by atoms with E-state index in [2.05, 4.69) is 4.74 Å². The summed E-state index contributed by atoms with van der Waals surface area (Å²) in [6.45, 7) is 0.178. The first-order valence-electron chi connectivity index (χ1n) is 5.30. The zero-order valence-corrected chi connectivity index (χ0v) is 11.0. The second-order valence-corrected chi connectivity index (χ2v) is 4.17. The van der Waals surface area contributed by atoms with Gasteiger partial charge < -0.3 is 9.47 Å². The fourth-order valence-corrected chi connectivity index (χ4v) is 1.48. The molecule has 0 saturated carbocycles. The maximum absolute atomic E-state index is 12.2. The molecule has 0 radical (unpaired) electrons. The van der Waals surface area contributed by atoms with Crippen molar-refractivity contribution in [2.45, 2.75) is 19.2 Å². The lowest BCUT2D eigenvalue weighted by Gasteiger charge is -2.15. The van der Waals surface area contributed by atoms with Crippen molar-refractivity contribution in [3.05, 3.63) is 28.8 Å². The maximum Gasteiger partial charge on any atom is 0.414 e. The Morgan fingerprint density at radius 1 is 1.42 bits per heavy atom. The molecule has 0 aromatic heterocycles. The van der Waals surface area contributed by atoms with E-state index in [0.717, 1.165) is 6.92 Å². The van der Waals surface area contributed by atoms with Crippen molar-refractivity contribution >= 4 is 17.4 Å². The van der Waals surface area contributed by atoms with Crippen LogP contribution in [0.5, 0.6) is 5.75 Å². The van der Waals surface area contributed by atoms with Crippen LogP contribution in [-0.4, -0.2) is 31.8 Å². The number of methoxy groups -OCH3 is 1. The molecular weight excluding hydrogens is 285 g/mol. The Balaban J connectivity index is 2.67. The number of alkyl halides is 3. The SMILES string of the molecule is COc1ccc(C(=O)COC(C)C(F)(F)F)cc1Cl. The van der Waals surface area contributed by atoms with Crippen molar-refractivity contribution < 1.29 is 27.4 Å². The van der Waals surface area contributed by atoms with Crippen molar-refractivity contribution in [1.82, 2.24) is 0 Å². The van der Waals surface area contributed by atoms with Crippen LogP contribution in [0.3, 0.4) is 0 Å².